The summed E-state index contributed by atoms with van der Waals surface area (Å²) < 4.78 is 33.2. The van der Waals surface area contributed by atoms with Gasteiger partial charge in [0, 0.05) is 19.4 Å². The fourth-order valence-electron chi connectivity index (χ4n) is 10.9. The summed E-state index contributed by atoms with van der Waals surface area (Å²) in [6.45, 7) is 3.85. The van der Waals surface area contributed by atoms with E-state index >= 15 is 0 Å². The lowest BCUT2D eigenvalue weighted by Crippen LogP contribution is -2.29. The van der Waals surface area contributed by atoms with Crippen LogP contribution in [-0.2, 0) is 32.7 Å². The van der Waals surface area contributed by atoms with Crippen molar-refractivity contribution in [2.45, 2.75) is 392 Å². The van der Waals surface area contributed by atoms with Crippen molar-refractivity contribution in [1.82, 2.24) is 0 Å². The fraction of sp³-hybridized carbons (Fsp3) is 0.970. The van der Waals surface area contributed by atoms with Crippen molar-refractivity contribution < 1.29 is 37.6 Å². The van der Waals surface area contributed by atoms with Crippen LogP contribution < -0.4 is 5.73 Å². The quantitative estimate of drug-likeness (QED) is 0.0347. The molecule has 3 N–H and O–H groups in total. The maximum atomic E-state index is 12.8. The van der Waals surface area contributed by atoms with Gasteiger partial charge in [-0.3, -0.25) is 18.6 Å². The van der Waals surface area contributed by atoms with E-state index in [2.05, 4.69) is 13.8 Å². The van der Waals surface area contributed by atoms with Crippen LogP contribution in [0.25, 0.3) is 0 Å². The van der Waals surface area contributed by atoms with Crippen LogP contribution in [0.1, 0.15) is 386 Å². The van der Waals surface area contributed by atoms with Gasteiger partial charge >= 0.3 is 19.8 Å². The number of nitrogens with two attached hydrogens (primary N) is 1. The Labute approximate surface area is 479 Å². The van der Waals surface area contributed by atoms with Crippen molar-refractivity contribution in [3.8, 4) is 0 Å². The molecule has 0 rings (SSSR count). The first-order valence-electron chi connectivity index (χ1n) is 34.5. The molecule has 2 atom stereocenters. The van der Waals surface area contributed by atoms with E-state index in [0.29, 0.717) is 12.8 Å². The zero-order valence-electron chi connectivity index (χ0n) is 51.7. The fourth-order valence-corrected chi connectivity index (χ4v) is 11.6. The highest BCUT2D eigenvalue weighted by Crippen LogP contribution is 2.43. The highest BCUT2D eigenvalue weighted by atomic mass is 31.2. The van der Waals surface area contributed by atoms with E-state index in [-0.39, 0.29) is 32.1 Å². The van der Waals surface area contributed by atoms with E-state index < -0.39 is 26.5 Å². The Morgan fingerprint density at radius 3 is 0.792 bits per heavy atom. The normalized spacial score (nSPS) is 12.8. The number of ether oxygens (including phenoxy) is 2. The second-order valence-corrected chi connectivity index (χ2v) is 25.2. The van der Waals surface area contributed by atoms with Crippen LogP contribution >= 0.6 is 7.82 Å². The third-order valence-corrected chi connectivity index (χ3v) is 17.0. The highest BCUT2D eigenvalue weighted by Gasteiger charge is 2.26. The lowest BCUT2D eigenvalue weighted by atomic mass is 10.0. The molecule has 0 aromatic heterocycles. The second-order valence-electron chi connectivity index (χ2n) is 23.8. The summed E-state index contributed by atoms with van der Waals surface area (Å²) >= 11 is 0. The van der Waals surface area contributed by atoms with Gasteiger partial charge in [-0.25, -0.2) is 4.57 Å². The maximum absolute atomic E-state index is 12.8. The van der Waals surface area contributed by atoms with Crippen LogP contribution in [0.15, 0.2) is 0 Å². The van der Waals surface area contributed by atoms with E-state index in [9.17, 15) is 19.0 Å². The molecule has 0 bridgehead atoms. The Balaban J connectivity index is 3.80. The number of phosphoric ester groups is 1. The lowest BCUT2D eigenvalue weighted by Gasteiger charge is -2.19. The maximum Gasteiger partial charge on any atom is 0.472 e. The summed E-state index contributed by atoms with van der Waals surface area (Å²) in [4.78, 5) is 35.3. The van der Waals surface area contributed by atoms with Gasteiger partial charge in [0.15, 0.2) is 6.10 Å². The van der Waals surface area contributed by atoms with Gasteiger partial charge in [0.25, 0.3) is 0 Å². The Bertz CT molecular complexity index is 1220. The summed E-state index contributed by atoms with van der Waals surface area (Å²) in [6, 6.07) is 0. The van der Waals surface area contributed by atoms with Crippen molar-refractivity contribution >= 4 is 19.8 Å². The van der Waals surface area contributed by atoms with E-state index in [1.54, 1.807) is 0 Å². The summed E-state index contributed by atoms with van der Waals surface area (Å²) in [7, 11) is -4.38. The van der Waals surface area contributed by atoms with Gasteiger partial charge in [-0.15, -0.1) is 0 Å². The molecule has 0 spiro atoms. The van der Waals surface area contributed by atoms with E-state index in [0.717, 1.165) is 32.1 Å². The van der Waals surface area contributed by atoms with Crippen molar-refractivity contribution in [3.63, 3.8) is 0 Å². The van der Waals surface area contributed by atoms with Gasteiger partial charge in [0.05, 0.1) is 13.2 Å². The molecule has 2 unspecified atom stereocenters. The first-order valence-corrected chi connectivity index (χ1v) is 36.0. The van der Waals surface area contributed by atoms with Gasteiger partial charge in [-0.05, 0) is 12.8 Å². The van der Waals surface area contributed by atoms with Crippen LogP contribution in [0.3, 0.4) is 0 Å². The number of carbonyl (C=O) groups is 2. The van der Waals surface area contributed by atoms with Crippen LogP contribution in [0, 0.1) is 0 Å². The van der Waals surface area contributed by atoms with E-state index in [1.807, 2.05) is 0 Å². The van der Waals surface area contributed by atoms with Crippen molar-refractivity contribution in [2.75, 3.05) is 26.4 Å². The van der Waals surface area contributed by atoms with Crippen LogP contribution in [0.2, 0.25) is 0 Å². The number of unbranched alkanes of at least 4 members (excludes halogenated alkanes) is 54. The largest absolute Gasteiger partial charge is 0.472 e. The Hall–Kier alpha value is -0.990. The van der Waals surface area contributed by atoms with Crippen molar-refractivity contribution in [1.29, 1.82) is 0 Å². The standard InChI is InChI=1S/C67H134NO8P/c1-3-5-7-9-11-13-15-17-19-21-23-25-27-29-31-32-33-34-36-38-40-42-44-46-48-50-52-54-56-58-60-67(70)76-65(64-75-77(71,72)74-62-61-68)63-73-66(69)59-57-55-53-51-49-47-45-43-41-39-37-35-30-28-26-24-22-20-18-16-14-12-10-8-6-4-2/h65H,3-64,68H2,1-2H3,(H,71,72). The molecule has 0 fully saturated rings. The molecule has 0 radical (unpaired) electrons. The minimum absolute atomic E-state index is 0.0588. The zero-order valence-corrected chi connectivity index (χ0v) is 52.6. The van der Waals surface area contributed by atoms with Crippen molar-refractivity contribution in [3.05, 3.63) is 0 Å². The van der Waals surface area contributed by atoms with Gasteiger partial charge in [0.1, 0.15) is 6.61 Å². The molecule has 0 heterocycles. The number of esters is 2. The highest BCUT2D eigenvalue weighted by molar-refractivity contribution is 7.47. The summed E-state index contributed by atoms with van der Waals surface area (Å²) in [5.74, 6) is -0.797. The van der Waals surface area contributed by atoms with Crippen LogP contribution in [-0.4, -0.2) is 49.3 Å². The predicted molar refractivity (Wildman–Crippen MR) is 331 cm³/mol. The molecule has 9 nitrogen and oxygen atoms in total. The molecule has 0 aliphatic rings. The van der Waals surface area contributed by atoms with Gasteiger partial charge < -0.3 is 20.1 Å². The minimum atomic E-state index is -4.38. The van der Waals surface area contributed by atoms with Crippen molar-refractivity contribution in [2.24, 2.45) is 5.73 Å². The zero-order chi connectivity index (χ0) is 55.9. The number of rotatable bonds is 67. The number of carbonyl (C=O) groups excluding carboxylic acids is 2. The Morgan fingerprint density at radius 2 is 0.558 bits per heavy atom. The molecular formula is C67H134NO8P. The number of phosphoric acid groups is 1. The molecule has 0 amide bonds. The molecule has 77 heavy (non-hydrogen) atoms. The Morgan fingerprint density at radius 1 is 0.338 bits per heavy atom. The monoisotopic (exact) mass is 1110 g/mol. The summed E-state index contributed by atoms with van der Waals surface area (Å²) in [5.41, 5.74) is 5.40. The topological polar surface area (TPSA) is 134 Å². The van der Waals surface area contributed by atoms with E-state index in [4.69, 9.17) is 24.3 Å². The predicted octanol–water partition coefficient (Wildman–Crippen LogP) is 22.2. The molecule has 0 aliphatic heterocycles. The first kappa shape index (κ1) is 76.0. The molecule has 0 saturated heterocycles. The SMILES string of the molecule is CCCCCCCCCCCCCCCCCCCCCCCCCCCCCCCCC(=O)OC(COC(=O)CCCCCCCCCCCCCCCCCCCCCCCCCCCC)COP(=O)(O)OCCN. The molecule has 0 aromatic carbocycles. The molecular weight excluding hydrogens is 978 g/mol. The number of hydrogen-bond acceptors (Lipinski definition) is 8. The molecule has 10 heteroatoms. The third-order valence-electron chi connectivity index (χ3n) is 16.0. The lowest BCUT2D eigenvalue weighted by molar-refractivity contribution is -0.161. The van der Waals surface area contributed by atoms with Gasteiger partial charge in [-0.2, -0.15) is 0 Å². The second kappa shape index (κ2) is 64.2. The molecule has 460 valence electrons. The minimum Gasteiger partial charge on any atom is -0.462 e. The average Bonchev–Trinajstić information content (AvgIpc) is 3.42. The molecule has 0 aromatic rings. The molecule has 0 aliphatic carbocycles. The first-order chi connectivity index (χ1) is 37.8. The number of hydrogen-bond donors (Lipinski definition) is 2. The average molecular weight is 1110 g/mol. The van der Waals surface area contributed by atoms with Gasteiger partial charge in [0.2, 0.25) is 0 Å². The molecule has 0 saturated carbocycles. The van der Waals surface area contributed by atoms with E-state index in [1.165, 1.54) is 321 Å². The summed E-state index contributed by atoms with van der Waals surface area (Å²) in [6.07, 6.45) is 74.9. The Kier molecular flexibility index (Phi) is 63.4. The van der Waals surface area contributed by atoms with Crippen LogP contribution in [0.5, 0.6) is 0 Å². The van der Waals surface area contributed by atoms with Crippen LogP contribution in [0.4, 0.5) is 0 Å². The summed E-state index contributed by atoms with van der Waals surface area (Å²) in [5, 5.41) is 0. The van der Waals surface area contributed by atoms with Gasteiger partial charge in [-0.1, -0.05) is 361 Å². The third kappa shape index (κ3) is 64.1. The smallest absolute Gasteiger partial charge is 0.462 e.